The lowest BCUT2D eigenvalue weighted by Crippen LogP contribution is -2.43. The van der Waals surface area contributed by atoms with E-state index >= 15 is 0 Å². The molecular formula is C44H27NO. The molecular weight excluding hydrogens is 558 g/mol. The molecule has 0 radical (unpaired) electrons. The zero-order chi connectivity index (χ0) is 30.0. The van der Waals surface area contributed by atoms with Crippen molar-refractivity contribution in [1.29, 1.82) is 0 Å². The summed E-state index contributed by atoms with van der Waals surface area (Å²) in [4.78, 5) is 2.50. The van der Waals surface area contributed by atoms with Gasteiger partial charge < -0.3 is 9.32 Å². The molecule has 0 saturated heterocycles. The highest BCUT2D eigenvalue weighted by molar-refractivity contribution is 6.13. The van der Waals surface area contributed by atoms with Gasteiger partial charge in [0.25, 0.3) is 0 Å². The molecule has 0 saturated carbocycles. The number of para-hydroxylation sites is 1. The van der Waals surface area contributed by atoms with Gasteiger partial charge in [0.2, 0.25) is 0 Å². The second-order valence-corrected chi connectivity index (χ2v) is 12.9. The molecule has 0 amide bonds. The molecule has 2 heteroatoms. The topological polar surface area (TPSA) is 16.4 Å². The van der Waals surface area contributed by atoms with Crippen LogP contribution in [-0.4, -0.2) is 0 Å². The Morgan fingerprint density at radius 1 is 0.500 bits per heavy atom. The van der Waals surface area contributed by atoms with Crippen LogP contribution in [0, 0.1) is 0 Å². The highest BCUT2D eigenvalue weighted by Crippen LogP contribution is 2.69. The SMILES string of the molecule is c1ccc(-c2ccc(N3c4cc(-c5ccccc5)ccc4C45Cc6c4c(cc4oc7ccccc7c64)-c4cccc3c45)cc2)cc1. The monoisotopic (exact) mass is 585 g/mol. The number of rotatable bonds is 3. The highest BCUT2D eigenvalue weighted by atomic mass is 16.3. The van der Waals surface area contributed by atoms with Crippen LogP contribution in [0.25, 0.3) is 55.3 Å². The Morgan fingerprint density at radius 2 is 1.20 bits per heavy atom. The third-order valence-electron chi connectivity index (χ3n) is 10.7. The summed E-state index contributed by atoms with van der Waals surface area (Å²) >= 11 is 0. The van der Waals surface area contributed by atoms with Gasteiger partial charge in [-0.1, -0.05) is 115 Å². The second-order valence-electron chi connectivity index (χ2n) is 12.9. The van der Waals surface area contributed by atoms with Gasteiger partial charge in [-0.05, 0) is 98.5 Å². The Bertz CT molecular complexity index is 2540. The zero-order valence-electron chi connectivity index (χ0n) is 25.0. The number of hydrogen-bond donors (Lipinski definition) is 0. The van der Waals surface area contributed by atoms with E-state index in [2.05, 4.69) is 157 Å². The third kappa shape index (κ3) is 2.97. The first-order chi connectivity index (χ1) is 22.8. The fraction of sp³-hybridized carbons (Fsp3) is 0.0455. The van der Waals surface area contributed by atoms with Gasteiger partial charge in [-0.2, -0.15) is 0 Å². The van der Waals surface area contributed by atoms with Crippen molar-refractivity contribution in [2.24, 2.45) is 0 Å². The molecule has 1 aromatic heterocycles. The molecule has 8 aromatic rings. The summed E-state index contributed by atoms with van der Waals surface area (Å²) in [6, 6.07) is 55.3. The first kappa shape index (κ1) is 24.5. The molecule has 46 heavy (non-hydrogen) atoms. The Balaban J connectivity index is 1.19. The van der Waals surface area contributed by atoms with E-state index in [-0.39, 0.29) is 5.41 Å². The van der Waals surface area contributed by atoms with Crippen molar-refractivity contribution in [2.45, 2.75) is 11.8 Å². The summed E-state index contributed by atoms with van der Waals surface area (Å²) in [5.41, 5.74) is 18.8. The maximum atomic E-state index is 6.47. The van der Waals surface area contributed by atoms with Crippen LogP contribution in [0.1, 0.15) is 22.3 Å². The summed E-state index contributed by atoms with van der Waals surface area (Å²) in [5.74, 6) is 0. The van der Waals surface area contributed by atoms with Crippen molar-refractivity contribution in [1.82, 2.24) is 0 Å². The molecule has 7 aromatic carbocycles. The molecule has 2 aliphatic carbocycles. The Hall–Kier alpha value is -5.86. The van der Waals surface area contributed by atoms with E-state index < -0.39 is 0 Å². The van der Waals surface area contributed by atoms with Crippen LogP contribution in [0.5, 0.6) is 0 Å². The average Bonchev–Trinajstić information content (AvgIpc) is 3.60. The average molecular weight is 586 g/mol. The van der Waals surface area contributed by atoms with Crippen LogP contribution >= 0.6 is 0 Å². The number of nitrogens with zero attached hydrogens (tertiary/aromatic N) is 1. The molecule has 2 nitrogen and oxygen atoms in total. The number of hydrogen-bond acceptors (Lipinski definition) is 2. The van der Waals surface area contributed by atoms with E-state index in [0.29, 0.717) is 0 Å². The smallest absolute Gasteiger partial charge is 0.136 e. The van der Waals surface area contributed by atoms with Crippen molar-refractivity contribution in [3.8, 4) is 33.4 Å². The molecule has 1 spiro atoms. The highest BCUT2D eigenvalue weighted by Gasteiger charge is 2.58. The van der Waals surface area contributed by atoms with E-state index in [1.165, 1.54) is 83.5 Å². The van der Waals surface area contributed by atoms with Gasteiger partial charge in [-0.25, -0.2) is 0 Å². The van der Waals surface area contributed by atoms with Gasteiger partial charge >= 0.3 is 0 Å². The van der Waals surface area contributed by atoms with Crippen molar-refractivity contribution in [3.63, 3.8) is 0 Å². The quantitative estimate of drug-likeness (QED) is 0.205. The maximum absolute atomic E-state index is 6.47. The van der Waals surface area contributed by atoms with E-state index in [0.717, 1.165) is 17.6 Å². The van der Waals surface area contributed by atoms with Crippen LogP contribution in [0.15, 0.2) is 156 Å². The number of fused-ring (bicyclic) bond motifs is 6. The molecule has 1 atom stereocenters. The van der Waals surface area contributed by atoms with Gasteiger partial charge in [-0.3, -0.25) is 0 Å². The summed E-state index contributed by atoms with van der Waals surface area (Å²) in [5, 5.41) is 2.51. The fourth-order valence-electron chi connectivity index (χ4n) is 8.80. The third-order valence-corrected chi connectivity index (χ3v) is 10.7. The van der Waals surface area contributed by atoms with Crippen LogP contribution in [0.4, 0.5) is 17.1 Å². The molecule has 0 N–H and O–H groups in total. The zero-order valence-corrected chi connectivity index (χ0v) is 25.0. The minimum Gasteiger partial charge on any atom is -0.456 e. The summed E-state index contributed by atoms with van der Waals surface area (Å²) < 4.78 is 6.47. The van der Waals surface area contributed by atoms with Gasteiger partial charge in [0.05, 0.1) is 16.8 Å². The second kappa shape index (κ2) is 8.65. The van der Waals surface area contributed by atoms with Gasteiger partial charge in [-0.15, -0.1) is 0 Å². The molecule has 214 valence electrons. The Kier molecular flexibility index (Phi) is 4.60. The minimum atomic E-state index is -0.172. The van der Waals surface area contributed by atoms with Crippen LogP contribution in [0.2, 0.25) is 0 Å². The summed E-state index contributed by atoms with van der Waals surface area (Å²) in [6.07, 6.45) is 0.971. The Morgan fingerprint density at radius 3 is 2.00 bits per heavy atom. The predicted molar refractivity (Wildman–Crippen MR) is 188 cm³/mol. The number of anilines is 3. The molecule has 3 aliphatic rings. The van der Waals surface area contributed by atoms with Crippen molar-refractivity contribution in [3.05, 3.63) is 174 Å². The Labute approximate surface area is 266 Å². The molecule has 1 aliphatic heterocycles. The van der Waals surface area contributed by atoms with Crippen molar-refractivity contribution >= 4 is 39.0 Å². The first-order valence-corrected chi connectivity index (χ1v) is 16.1. The van der Waals surface area contributed by atoms with E-state index in [9.17, 15) is 0 Å². The minimum absolute atomic E-state index is 0.172. The van der Waals surface area contributed by atoms with Crippen LogP contribution in [0.3, 0.4) is 0 Å². The van der Waals surface area contributed by atoms with Crippen molar-refractivity contribution in [2.75, 3.05) is 4.90 Å². The molecule has 0 bridgehead atoms. The molecule has 11 rings (SSSR count). The predicted octanol–water partition coefficient (Wildman–Crippen LogP) is 11.6. The number of benzene rings is 7. The maximum Gasteiger partial charge on any atom is 0.136 e. The van der Waals surface area contributed by atoms with E-state index in [1.807, 2.05) is 0 Å². The van der Waals surface area contributed by atoms with Gasteiger partial charge in [0, 0.05) is 16.5 Å². The van der Waals surface area contributed by atoms with E-state index in [1.54, 1.807) is 0 Å². The lowest BCUT2D eigenvalue weighted by Gasteiger charge is -2.49. The van der Waals surface area contributed by atoms with Crippen LogP contribution in [-0.2, 0) is 11.8 Å². The lowest BCUT2D eigenvalue weighted by molar-refractivity contribution is 0.553. The molecule has 0 fully saturated rings. The summed E-state index contributed by atoms with van der Waals surface area (Å²) in [7, 11) is 0. The first-order valence-electron chi connectivity index (χ1n) is 16.1. The lowest BCUT2D eigenvalue weighted by atomic mass is 9.56. The molecule has 2 heterocycles. The number of furan rings is 1. The van der Waals surface area contributed by atoms with E-state index in [4.69, 9.17) is 4.42 Å². The largest absolute Gasteiger partial charge is 0.456 e. The fourth-order valence-corrected chi connectivity index (χ4v) is 8.80. The summed E-state index contributed by atoms with van der Waals surface area (Å²) in [6.45, 7) is 0. The molecule has 1 unspecified atom stereocenters. The standard InChI is InChI=1S/C44H27NO/c1-3-10-27(11-4-1)29-18-21-31(22-19-29)45-37-16-9-15-32-34-25-40-41(33-14-7-8-17-39(33)46-40)35-26-44(42(34)35,43(32)37)36-23-20-30(24-38(36)45)28-12-5-2-6-13-28/h1-25H,26H2. The van der Waals surface area contributed by atoms with Crippen LogP contribution < -0.4 is 4.90 Å². The van der Waals surface area contributed by atoms with Gasteiger partial charge in [0.1, 0.15) is 11.2 Å². The van der Waals surface area contributed by atoms with Crippen molar-refractivity contribution < 1.29 is 4.42 Å². The normalized spacial score (nSPS) is 16.7. The van der Waals surface area contributed by atoms with Gasteiger partial charge in [0.15, 0.2) is 0 Å².